The summed E-state index contributed by atoms with van der Waals surface area (Å²) in [5.41, 5.74) is 1.08. The van der Waals surface area contributed by atoms with Crippen molar-refractivity contribution in [3.05, 3.63) is 11.9 Å². The Morgan fingerprint density at radius 3 is 2.42 bits per heavy atom. The van der Waals surface area contributed by atoms with Crippen LogP contribution >= 0.6 is 0 Å². The monoisotopic (exact) mass is 353 g/mol. The van der Waals surface area contributed by atoms with E-state index in [-0.39, 0.29) is 17.9 Å². The molecule has 1 saturated carbocycles. The van der Waals surface area contributed by atoms with Crippen molar-refractivity contribution in [2.24, 2.45) is 5.92 Å². The van der Waals surface area contributed by atoms with Gasteiger partial charge >= 0.3 is 0 Å². The topological polar surface area (TPSA) is 88.4 Å². The van der Waals surface area contributed by atoms with Gasteiger partial charge in [-0.05, 0) is 25.7 Å². The SMILES string of the molecule is CS(=O)(=O)N1CCC(C(=O)N2CC(n3cc(C4CC4)nn3)C2)CC1. The van der Waals surface area contributed by atoms with E-state index < -0.39 is 10.0 Å². The molecule has 1 aromatic rings. The van der Waals surface area contributed by atoms with Gasteiger partial charge in [-0.2, -0.15) is 0 Å². The summed E-state index contributed by atoms with van der Waals surface area (Å²) in [7, 11) is -3.14. The molecular weight excluding hydrogens is 330 g/mol. The zero-order valence-electron chi connectivity index (χ0n) is 13.8. The van der Waals surface area contributed by atoms with Crippen LogP contribution in [0.25, 0.3) is 0 Å². The van der Waals surface area contributed by atoms with Crippen molar-refractivity contribution >= 4 is 15.9 Å². The van der Waals surface area contributed by atoms with Gasteiger partial charge in [-0.15, -0.1) is 5.10 Å². The minimum atomic E-state index is -3.14. The fourth-order valence-electron chi connectivity index (χ4n) is 3.53. The fraction of sp³-hybridized carbons (Fsp3) is 0.800. The third kappa shape index (κ3) is 3.06. The molecule has 132 valence electrons. The molecule has 0 atom stereocenters. The number of rotatable bonds is 4. The second-order valence-corrected chi connectivity index (χ2v) is 9.21. The maximum atomic E-state index is 12.5. The second kappa shape index (κ2) is 5.80. The first-order valence-corrected chi connectivity index (χ1v) is 10.4. The lowest BCUT2D eigenvalue weighted by Gasteiger charge is -2.42. The van der Waals surface area contributed by atoms with Crippen molar-refractivity contribution in [1.29, 1.82) is 0 Å². The minimum absolute atomic E-state index is 0.0540. The van der Waals surface area contributed by atoms with Crippen molar-refractivity contribution in [3.8, 4) is 0 Å². The van der Waals surface area contributed by atoms with Gasteiger partial charge in [0.15, 0.2) is 0 Å². The molecule has 0 spiro atoms. The number of nitrogens with zero attached hydrogens (tertiary/aromatic N) is 5. The summed E-state index contributed by atoms with van der Waals surface area (Å²) in [6.45, 7) is 2.25. The van der Waals surface area contributed by atoms with Gasteiger partial charge in [0.1, 0.15) is 0 Å². The molecule has 1 aromatic heterocycles. The van der Waals surface area contributed by atoms with E-state index in [2.05, 4.69) is 10.3 Å². The molecule has 2 aliphatic heterocycles. The zero-order chi connectivity index (χ0) is 16.9. The third-order valence-electron chi connectivity index (χ3n) is 5.34. The lowest BCUT2D eigenvalue weighted by Crippen LogP contribution is -2.54. The van der Waals surface area contributed by atoms with E-state index in [4.69, 9.17) is 0 Å². The normalized spacial score (nSPS) is 24.1. The van der Waals surface area contributed by atoms with Crippen LogP contribution in [0.4, 0.5) is 0 Å². The molecule has 24 heavy (non-hydrogen) atoms. The van der Waals surface area contributed by atoms with Crippen LogP contribution < -0.4 is 0 Å². The Kier molecular flexibility index (Phi) is 3.87. The molecule has 3 fully saturated rings. The Balaban J connectivity index is 1.28. The summed E-state index contributed by atoms with van der Waals surface area (Å²) in [6.07, 6.45) is 6.89. The summed E-state index contributed by atoms with van der Waals surface area (Å²) in [5.74, 6) is 0.695. The van der Waals surface area contributed by atoms with Gasteiger partial charge < -0.3 is 4.90 Å². The Hall–Kier alpha value is -1.48. The average Bonchev–Trinajstić information content (AvgIpc) is 3.24. The van der Waals surface area contributed by atoms with E-state index in [9.17, 15) is 13.2 Å². The van der Waals surface area contributed by atoms with Crippen molar-refractivity contribution in [3.63, 3.8) is 0 Å². The summed E-state index contributed by atoms with van der Waals surface area (Å²) in [6, 6.07) is 0.227. The maximum Gasteiger partial charge on any atom is 0.225 e. The number of likely N-dealkylation sites (tertiary alicyclic amines) is 1. The Bertz CT molecular complexity index is 728. The molecule has 0 aromatic carbocycles. The number of sulfonamides is 1. The predicted octanol–water partition coefficient (Wildman–Crippen LogP) is 0.210. The highest BCUT2D eigenvalue weighted by molar-refractivity contribution is 7.88. The largest absolute Gasteiger partial charge is 0.338 e. The Morgan fingerprint density at radius 1 is 1.17 bits per heavy atom. The van der Waals surface area contributed by atoms with Crippen molar-refractivity contribution in [2.45, 2.75) is 37.6 Å². The average molecular weight is 353 g/mol. The molecule has 4 rings (SSSR count). The van der Waals surface area contributed by atoms with E-state index in [1.54, 1.807) is 0 Å². The smallest absolute Gasteiger partial charge is 0.225 e. The summed E-state index contributed by atoms with van der Waals surface area (Å²) < 4.78 is 26.4. The van der Waals surface area contributed by atoms with Crippen LogP contribution in [0.2, 0.25) is 0 Å². The van der Waals surface area contributed by atoms with Gasteiger partial charge in [-0.25, -0.2) is 17.4 Å². The molecule has 0 radical (unpaired) electrons. The van der Waals surface area contributed by atoms with Crippen molar-refractivity contribution in [1.82, 2.24) is 24.2 Å². The fourth-order valence-corrected chi connectivity index (χ4v) is 4.40. The van der Waals surface area contributed by atoms with Gasteiger partial charge in [-0.3, -0.25) is 4.79 Å². The lowest BCUT2D eigenvalue weighted by molar-refractivity contribution is -0.142. The second-order valence-electron chi connectivity index (χ2n) is 7.23. The molecule has 2 saturated heterocycles. The first-order valence-electron chi connectivity index (χ1n) is 8.57. The lowest BCUT2D eigenvalue weighted by atomic mass is 9.94. The van der Waals surface area contributed by atoms with E-state index in [1.807, 2.05) is 15.8 Å². The van der Waals surface area contributed by atoms with Crippen LogP contribution in [-0.2, 0) is 14.8 Å². The van der Waals surface area contributed by atoms with Crippen LogP contribution in [0.15, 0.2) is 6.20 Å². The number of piperidine rings is 1. The predicted molar refractivity (Wildman–Crippen MR) is 86.8 cm³/mol. The van der Waals surface area contributed by atoms with E-state index in [0.29, 0.717) is 44.9 Å². The molecule has 1 amide bonds. The molecule has 9 heteroatoms. The van der Waals surface area contributed by atoms with Gasteiger partial charge in [0.25, 0.3) is 0 Å². The van der Waals surface area contributed by atoms with Gasteiger partial charge in [0, 0.05) is 44.2 Å². The minimum Gasteiger partial charge on any atom is -0.338 e. The number of hydrogen-bond donors (Lipinski definition) is 0. The zero-order valence-corrected chi connectivity index (χ0v) is 14.7. The molecule has 8 nitrogen and oxygen atoms in total. The maximum absolute atomic E-state index is 12.5. The number of aromatic nitrogens is 3. The molecule has 3 heterocycles. The van der Waals surface area contributed by atoms with Gasteiger partial charge in [-0.1, -0.05) is 5.21 Å². The van der Waals surface area contributed by atoms with Crippen LogP contribution in [0.5, 0.6) is 0 Å². The van der Waals surface area contributed by atoms with Crippen molar-refractivity contribution in [2.75, 3.05) is 32.4 Å². The van der Waals surface area contributed by atoms with Crippen LogP contribution in [-0.4, -0.2) is 71.0 Å². The molecule has 3 aliphatic rings. The summed E-state index contributed by atoms with van der Waals surface area (Å²) >= 11 is 0. The number of amides is 1. The molecule has 1 aliphatic carbocycles. The summed E-state index contributed by atoms with van der Waals surface area (Å²) in [5, 5.41) is 8.42. The Labute approximate surface area is 141 Å². The Morgan fingerprint density at radius 2 is 1.83 bits per heavy atom. The van der Waals surface area contributed by atoms with Crippen molar-refractivity contribution < 1.29 is 13.2 Å². The van der Waals surface area contributed by atoms with Gasteiger partial charge in [0.05, 0.1) is 18.0 Å². The number of hydrogen-bond acceptors (Lipinski definition) is 5. The van der Waals surface area contributed by atoms with Crippen LogP contribution in [0, 0.1) is 5.92 Å². The molecule has 0 unspecified atom stereocenters. The van der Waals surface area contributed by atoms with Gasteiger partial charge in [0.2, 0.25) is 15.9 Å². The first-order chi connectivity index (χ1) is 11.4. The summed E-state index contributed by atoms with van der Waals surface area (Å²) in [4.78, 5) is 14.4. The molecule has 0 N–H and O–H groups in total. The highest BCUT2D eigenvalue weighted by Crippen LogP contribution is 2.39. The first kappa shape index (κ1) is 16.0. The number of carbonyl (C=O) groups excluding carboxylic acids is 1. The standard InChI is InChI=1S/C15H23N5O3S/c1-24(22,23)19-6-4-12(5-7-19)15(21)18-8-13(9-18)20-10-14(16-17-20)11-2-3-11/h10-13H,2-9H2,1H3. The molecular formula is C15H23N5O3S. The van der Waals surface area contributed by atoms with E-state index in [1.165, 1.54) is 23.4 Å². The van der Waals surface area contributed by atoms with E-state index >= 15 is 0 Å². The quantitative estimate of drug-likeness (QED) is 0.772. The highest BCUT2D eigenvalue weighted by Gasteiger charge is 2.38. The molecule has 0 bridgehead atoms. The number of carbonyl (C=O) groups is 1. The van der Waals surface area contributed by atoms with Crippen LogP contribution in [0.3, 0.4) is 0 Å². The van der Waals surface area contributed by atoms with Crippen LogP contribution in [0.1, 0.15) is 43.3 Å². The highest BCUT2D eigenvalue weighted by atomic mass is 32.2. The van der Waals surface area contributed by atoms with E-state index in [0.717, 1.165) is 5.69 Å². The third-order valence-corrected chi connectivity index (χ3v) is 6.65.